The van der Waals surface area contributed by atoms with Crippen molar-refractivity contribution in [2.24, 2.45) is 5.92 Å². The van der Waals surface area contributed by atoms with Gasteiger partial charge in [0.15, 0.2) is 0 Å². The molecule has 2 nitrogen and oxygen atoms in total. The topological polar surface area (TPSA) is 37.3 Å². The van der Waals surface area contributed by atoms with Crippen LogP contribution >= 0.6 is 0 Å². The molecule has 0 fully saturated rings. The molecule has 0 saturated carbocycles. The Morgan fingerprint density at radius 2 is 2.33 bits per heavy atom. The van der Waals surface area contributed by atoms with Gasteiger partial charge >= 0.3 is 5.97 Å². The summed E-state index contributed by atoms with van der Waals surface area (Å²) in [7, 11) is 0. The SMILES string of the molecule is CC#CC(C)CC(=O)O. The largest absolute Gasteiger partial charge is 0.481 e. The fourth-order valence-electron chi connectivity index (χ4n) is 0.559. The molecule has 2 heteroatoms. The van der Waals surface area contributed by atoms with Gasteiger partial charge in [-0.1, -0.05) is 12.8 Å². The molecule has 0 rings (SSSR count). The van der Waals surface area contributed by atoms with E-state index in [0.29, 0.717) is 0 Å². The van der Waals surface area contributed by atoms with E-state index < -0.39 is 5.97 Å². The van der Waals surface area contributed by atoms with Crippen LogP contribution in [0.5, 0.6) is 0 Å². The number of rotatable bonds is 2. The molecule has 50 valence electrons. The molecule has 0 aromatic carbocycles. The van der Waals surface area contributed by atoms with Crippen LogP contribution < -0.4 is 0 Å². The van der Waals surface area contributed by atoms with Gasteiger partial charge in [0.1, 0.15) is 0 Å². The molecule has 1 atom stereocenters. The number of carboxylic acids is 1. The molecule has 0 aliphatic carbocycles. The summed E-state index contributed by atoms with van der Waals surface area (Å²) in [4.78, 5) is 10.0. The van der Waals surface area contributed by atoms with Crippen molar-refractivity contribution >= 4 is 5.97 Å². The molecular weight excluding hydrogens is 116 g/mol. The van der Waals surface area contributed by atoms with Gasteiger partial charge in [0, 0.05) is 5.92 Å². The van der Waals surface area contributed by atoms with Crippen LogP contribution in [0.1, 0.15) is 20.3 Å². The molecule has 0 aliphatic heterocycles. The van der Waals surface area contributed by atoms with Crippen molar-refractivity contribution in [2.45, 2.75) is 20.3 Å². The van der Waals surface area contributed by atoms with Crippen LogP contribution in [0, 0.1) is 17.8 Å². The lowest BCUT2D eigenvalue weighted by atomic mass is 10.1. The molecule has 1 N–H and O–H groups in total. The lowest BCUT2D eigenvalue weighted by molar-refractivity contribution is -0.137. The van der Waals surface area contributed by atoms with Crippen LogP contribution in [0.3, 0.4) is 0 Å². The predicted molar refractivity (Wildman–Crippen MR) is 34.9 cm³/mol. The van der Waals surface area contributed by atoms with Crippen LogP contribution in [-0.2, 0) is 4.79 Å². The van der Waals surface area contributed by atoms with E-state index in [4.69, 9.17) is 5.11 Å². The van der Waals surface area contributed by atoms with E-state index in [9.17, 15) is 4.79 Å². The zero-order valence-electron chi connectivity index (χ0n) is 5.64. The number of carbonyl (C=O) groups is 1. The highest BCUT2D eigenvalue weighted by molar-refractivity contribution is 5.67. The predicted octanol–water partition coefficient (Wildman–Crippen LogP) is 1.12. The first-order valence-electron chi connectivity index (χ1n) is 2.81. The number of carboxylic acid groups (broad SMARTS) is 1. The van der Waals surface area contributed by atoms with Crippen molar-refractivity contribution in [3.8, 4) is 11.8 Å². The molecule has 1 unspecified atom stereocenters. The molecule has 0 aromatic heterocycles. The van der Waals surface area contributed by atoms with E-state index >= 15 is 0 Å². The Hall–Kier alpha value is -0.970. The number of hydrogen-bond acceptors (Lipinski definition) is 1. The van der Waals surface area contributed by atoms with Crippen LogP contribution in [0.4, 0.5) is 0 Å². The molecule has 9 heavy (non-hydrogen) atoms. The van der Waals surface area contributed by atoms with E-state index in [1.54, 1.807) is 13.8 Å². The molecule has 0 radical (unpaired) electrons. The lowest BCUT2D eigenvalue weighted by Crippen LogP contribution is -2.01. The fraction of sp³-hybridized carbons (Fsp3) is 0.571. The minimum Gasteiger partial charge on any atom is -0.481 e. The van der Waals surface area contributed by atoms with Crippen molar-refractivity contribution < 1.29 is 9.90 Å². The van der Waals surface area contributed by atoms with Crippen LogP contribution in [-0.4, -0.2) is 11.1 Å². The van der Waals surface area contributed by atoms with Gasteiger partial charge in [-0.2, -0.15) is 0 Å². The first kappa shape index (κ1) is 8.03. The highest BCUT2D eigenvalue weighted by Crippen LogP contribution is 1.97. The Bertz CT molecular complexity index is 150. The summed E-state index contributed by atoms with van der Waals surface area (Å²) in [6.45, 7) is 3.50. The van der Waals surface area contributed by atoms with Gasteiger partial charge < -0.3 is 5.11 Å². The van der Waals surface area contributed by atoms with E-state index in [0.717, 1.165) is 0 Å². The maximum Gasteiger partial charge on any atom is 0.304 e. The molecule has 0 aromatic rings. The average molecular weight is 126 g/mol. The van der Waals surface area contributed by atoms with E-state index in [1.165, 1.54) is 0 Å². The molecule has 0 heterocycles. The third kappa shape index (κ3) is 4.89. The minimum atomic E-state index is -0.787. The van der Waals surface area contributed by atoms with Gasteiger partial charge in [0.25, 0.3) is 0 Å². The first-order chi connectivity index (χ1) is 4.16. The maximum absolute atomic E-state index is 10.0. The quantitative estimate of drug-likeness (QED) is 0.563. The smallest absolute Gasteiger partial charge is 0.304 e. The molecule has 0 aliphatic rings. The zero-order chi connectivity index (χ0) is 7.28. The van der Waals surface area contributed by atoms with Gasteiger partial charge in [-0.3, -0.25) is 4.79 Å². The van der Waals surface area contributed by atoms with Crippen LogP contribution in [0.25, 0.3) is 0 Å². The third-order valence-electron chi connectivity index (χ3n) is 0.872. The monoisotopic (exact) mass is 126 g/mol. The van der Waals surface area contributed by atoms with Gasteiger partial charge in [-0.15, -0.1) is 5.92 Å². The fourth-order valence-corrected chi connectivity index (χ4v) is 0.559. The Balaban J connectivity index is 3.59. The van der Waals surface area contributed by atoms with Crippen molar-refractivity contribution in [1.29, 1.82) is 0 Å². The normalized spacial score (nSPS) is 11.3. The van der Waals surface area contributed by atoms with Crippen molar-refractivity contribution in [1.82, 2.24) is 0 Å². The lowest BCUT2D eigenvalue weighted by Gasteiger charge is -1.95. The number of aliphatic carboxylic acids is 1. The summed E-state index contributed by atoms with van der Waals surface area (Å²) >= 11 is 0. The summed E-state index contributed by atoms with van der Waals surface area (Å²) in [6.07, 6.45) is 0.140. The van der Waals surface area contributed by atoms with Crippen LogP contribution in [0.15, 0.2) is 0 Å². The number of hydrogen-bond donors (Lipinski definition) is 1. The van der Waals surface area contributed by atoms with Crippen molar-refractivity contribution in [2.75, 3.05) is 0 Å². The first-order valence-corrected chi connectivity index (χ1v) is 2.81. The Kier molecular flexibility index (Phi) is 3.54. The Morgan fingerprint density at radius 3 is 2.67 bits per heavy atom. The Morgan fingerprint density at radius 1 is 1.78 bits per heavy atom. The van der Waals surface area contributed by atoms with Gasteiger partial charge in [-0.25, -0.2) is 0 Å². The zero-order valence-corrected chi connectivity index (χ0v) is 5.64. The summed E-state index contributed by atoms with van der Waals surface area (Å²) in [5.74, 6) is 4.60. The molecular formula is C7H10O2. The summed E-state index contributed by atoms with van der Waals surface area (Å²) in [5, 5.41) is 8.24. The standard InChI is InChI=1S/C7H10O2/c1-3-4-6(2)5-7(8)9/h6H,5H2,1-2H3,(H,8,9). The van der Waals surface area contributed by atoms with Gasteiger partial charge in [0.2, 0.25) is 0 Å². The maximum atomic E-state index is 10.0. The highest BCUT2D eigenvalue weighted by atomic mass is 16.4. The van der Waals surface area contributed by atoms with E-state index in [1.807, 2.05) is 0 Å². The Labute approximate surface area is 54.9 Å². The van der Waals surface area contributed by atoms with Crippen molar-refractivity contribution in [3.05, 3.63) is 0 Å². The second-order valence-corrected chi connectivity index (χ2v) is 1.89. The molecule has 0 spiro atoms. The van der Waals surface area contributed by atoms with Crippen LogP contribution in [0.2, 0.25) is 0 Å². The summed E-state index contributed by atoms with van der Waals surface area (Å²) in [5.41, 5.74) is 0. The second-order valence-electron chi connectivity index (χ2n) is 1.89. The average Bonchev–Trinajstić information content (AvgIpc) is 1.63. The highest BCUT2D eigenvalue weighted by Gasteiger charge is 2.01. The second kappa shape index (κ2) is 3.96. The van der Waals surface area contributed by atoms with E-state index in [-0.39, 0.29) is 12.3 Å². The summed E-state index contributed by atoms with van der Waals surface area (Å²) in [6, 6.07) is 0. The van der Waals surface area contributed by atoms with E-state index in [2.05, 4.69) is 11.8 Å². The van der Waals surface area contributed by atoms with Crippen molar-refractivity contribution in [3.63, 3.8) is 0 Å². The molecule has 0 saturated heterocycles. The minimum absolute atomic E-state index is 0.0208. The molecule has 0 bridgehead atoms. The molecule has 0 amide bonds. The van der Waals surface area contributed by atoms with Gasteiger partial charge in [-0.05, 0) is 6.92 Å². The summed E-state index contributed by atoms with van der Waals surface area (Å²) < 4.78 is 0. The van der Waals surface area contributed by atoms with Gasteiger partial charge in [0.05, 0.1) is 6.42 Å². The third-order valence-corrected chi connectivity index (χ3v) is 0.872.